The molecule has 3 N–H and O–H groups in total. The smallest absolute Gasteiger partial charge is 0.248 e. The molecule has 0 bridgehead atoms. The maximum atomic E-state index is 13.6. The molecule has 1 fully saturated rings. The molecule has 11 nitrogen and oxygen atoms in total. The van der Waals surface area contributed by atoms with Gasteiger partial charge in [0.1, 0.15) is 11.9 Å². The Balaban J connectivity index is 1.60. The highest BCUT2D eigenvalue weighted by Gasteiger charge is 2.32. The number of carbonyl (C=O) groups is 2. The number of hydrogen-bond acceptors (Lipinski definition) is 9. The van der Waals surface area contributed by atoms with Gasteiger partial charge in [-0.15, -0.1) is 0 Å². The van der Waals surface area contributed by atoms with Crippen molar-refractivity contribution in [2.24, 2.45) is 5.41 Å². The number of pyridine rings is 1. The molecule has 2 aromatic carbocycles. The summed E-state index contributed by atoms with van der Waals surface area (Å²) in [6, 6.07) is 14.7. The monoisotopic (exact) mass is 583 g/mol. The third-order valence-corrected chi connectivity index (χ3v) is 7.29. The second-order valence-electron chi connectivity index (χ2n) is 11.5. The zero-order valence-corrected chi connectivity index (χ0v) is 25.3. The number of rotatable bonds is 7. The number of aromatic nitrogens is 3. The van der Waals surface area contributed by atoms with Gasteiger partial charge in [0, 0.05) is 42.5 Å². The maximum absolute atomic E-state index is 13.6. The van der Waals surface area contributed by atoms with Gasteiger partial charge in [0.05, 0.1) is 19.6 Å². The van der Waals surface area contributed by atoms with Gasteiger partial charge < -0.3 is 25.0 Å². The van der Waals surface area contributed by atoms with Crippen LogP contribution in [0, 0.1) is 12.3 Å². The van der Waals surface area contributed by atoms with Gasteiger partial charge in [-0.25, -0.2) is 4.98 Å². The largest absolute Gasteiger partial charge is 0.493 e. The van der Waals surface area contributed by atoms with Gasteiger partial charge in [0.25, 0.3) is 0 Å². The first kappa shape index (κ1) is 29.7. The van der Waals surface area contributed by atoms with E-state index < -0.39 is 11.5 Å². The fraction of sp³-hybridized carbons (Fsp3) is 0.344. The van der Waals surface area contributed by atoms with Crippen molar-refractivity contribution in [2.75, 3.05) is 49.4 Å². The Kier molecular flexibility index (Phi) is 8.45. The number of nitrogens with zero attached hydrogens (tertiary/aromatic N) is 4. The quantitative estimate of drug-likeness (QED) is 0.289. The fourth-order valence-corrected chi connectivity index (χ4v) is 4.79. The minimum Gasteiger partial charge on any atom is -0.493 e. The van der Waals surface area contributed by atoms with E-state index in [9.17, 15) is 9.59 Å². The number of benzene rings is 2. The molecular weight excluding hydrogens is 546 g/mol. The van der Waals surface area contributed by atoms with Crippen molar-refractivity contribution in [1.29, 1.82) is 0 Å². The first-order valence-corrected chi connectivity index (χ1v) is 14.1. The van der Waals surface area contributed by atoms with Gasteiger partial charge in [-0.2, -0.15) is 9.97 Å². The molecule has 0 spiro atoms. The Morgan fingerprint density at radius 1 is 0.953 bits per heavy atom. The Bertz CT molecular complexity index is 1650. The number of carbonyl (C=O) groups excluding carboxylic acids is 2. The van der Waals surface area contributed by atoms with Crippen molar-refractivity contribution in [3.05, 3.63) is 60.3 Å². The number of anilines is 3. The van der Waals surface area contributed by atoms with Crippen LogP contribution in [0.5, 0.6) is 11.5 Å². The van der Waals surface area contributed by atoms with E-state index in [4.69, 9.17) is 14.5 Å². The lowest BCUT2D eigenvalue weighted by atomic mass is 9.96. The number of piperazine rings is 1. The Morgan fingerprint density at radius 3 is 2.40 bits per heavy atom. The molecular formula is C32H37N7O4. The van der Waals surface area contributed by atoms with E-state index in [-0.39, 0.29) is 17.8 Å². The number of ether oxygens (including phenoxy) is 2. The molecule has 1 saturated heterocycles. The molecule has 11 heteroatoms. The highest BCUT2D eigenvalue weighted by atomic mass is 16.5. The van der Waals surface area contributed by atoms with Crippen LogP contribution >= 0.6 is 0 Å². The van der Waals surface area contributed by atoms with Crippen LogP contribution in [-0.4, -0.2) is 66.7 Å². The van der Waals surface area contributed by atoms with Crippen molar-refractivity contribution in [2.45, 2.75) is 33.7 Å². The van der Waals surface area contributed by atoms with E-state index in [0.717, 1.165) is 16.7 Å². The Hall–Kier alpha value is -4.77. The SMILES string of the molecule is COc1ccc(-c2cnc3nc(NC(=O)C(C)(C)C)nc(N4CCNCC4C(=O)Nc4ccc(C)cc4)c3c2)cc1OC. The summed E-state index contributed by atoms with van der Waals surface area (Å²) in [6.07, 6.45) is 1.72. The minimum absolute atomic E-state index is 0.130. The highest BCUT2D eigenvalue weighted by molar-refractivity contribution is 6.00. The van der Waals surface area contributed by atoms with E-state index in [0.29, 0.717) is 53.7 Å². The first-order valence-electron chi connectivity index (χ1n) is 14.1. The van der Waals surface area contributed by atoms with Crippen molar-refractivity contribution >= 4 is 40.3 Å². The Labute approximate surface area is 251 Å². The molecule has 4 aromatic rings. The minimum atomic E-state index is -0.658. The second-order valence-corrected chi connectivity index (χ2v) is 11.5. The van der Waals surface area contributed by atoms with Crippen LogP contribution in [0.1, 0.15) is 26.3 Å². The molecule has 0 saturated carbocycles. The molecule has 1 unspecified atom stereocenters. The van der Waals surface area contributed by atoms with Crippen LogP contribution < -0.4 is 30.3 Å². The summed E-state index contributed by atoms with van der Waals surface area (Å²) in [7, 11) is 3.18. The summed E-state index contributed by atoms with van der Waals surface area (Å²) in [5.41, 5.74) is 3.22. The molecule has 1 aliphatic rings. The number of hydrogen-bond donors (Lipinski definition) is 3. The molecule has 1 aliphatic heterocycles. The van der Waals surface area contributed by atoms with E-state index in [1.165, 1.54) is 0 Å². The lowest BCUT2D eigenvalue weighted by Gasteiger charge is -2.36. The molecule has 2 amide bonds. The summed E-state index contributed by atoms with van der Waals surface area (Å²) < 4.78 is 10.9. The predicted molar refractivity (Wildman–Crippen MR) is 168 cm³/mol. The van der Waals surface area contributed by atoms with Crippen molar-refractivity contribution in [3.63, 3.8) is 0 Å². The lowest BCUT2D eigenvalue weighted by molar-refractivity contribution is -0.123. The number of aryl methyl sites for hydroxylation is 1. The molecule has 3 heterocycles. The topological polar surface area (TPSA) is 131 Å². The van der Waals surface area contributed by atoms with Gasteiger partial charge >= 0.3 is 0 Å². The maximum Gasteiger partial charge on any atom is 0.248 e. The third kappa shape index (κ3) is 6.51. The number of methoxy groups -OCH3 is 2. The third-order valence-electron chi connectivity index (χ3n) is 7.29. The molecule has 224 valence electrons. The zero-order chi connectivity index (χ0) is 30.7. The zero-order valence-electron chi connectivity index (χ0n) is 25.3. The van der Waals surface area contributed by atoms with Crippen LogP contribution in [0.3, 0.4) is 0 Å². The van der Waals surface area contributed by atoms with Crippen molar-refractivity contribution < 1.29 is 19.1 Å². The molecule has 0 radical (unpaired) electrons. The molecule has 2 aromatic heterocycles. The molecule has 5 rings (SSSR count). The number of fused-ring (bicyclic) bond motifs is 1. The van der Waals surface area contributed by atoms with E-state index in [1.54, 1.807) is 20.4 Å². The summed E-state index contributed by atoms with van der Waals surface area (Å²) in [5, 5.41) is 9.86. The standard InChI is InChI=1S/C32H37N7O4/c1-19-7-10-22(11-8-19)35-29(40)24-18-33-13-14-39(24)28-23-15-21(20-9-12-25(42-5)26(16-20)43-6)17-34-27(23)36-31(37-28)38-30(41)32(2,3)4/h7-12,15-17,24,33H,13-14,18H2,1-6H3,(H,35,40)(H,34,36,37,38,41). The predicted octanol–water partition coefficient (Wildman–Crippen LogP) is 4.42. The van der Waals surface area contributed by atoms with Crippen molar-refractivity contribution in [3.8, 4) is 22.6 Å². The van der Waals surface area contributed by atoms with Gasteiger partial charge in [-0.3, -0.25) is 14.9 Å². The number of amides is 2. The molecule has 43 heavy (non-hydrogen) atoms. The van der Waals surface area contributed by atoms with Gasteiger partial charge in [-0.05, 0) is 42.8 Å². The lowest BCUT2D eigenvalue weighted by Crippen LogP contribution is -2.57. The summed E-state index contributed by atoms with van der Waals surface area (Å²) in [4.78, 5) is 42.6. The average molecular weight is 584 g/mol. The molecule has 1 atom stereocenters. The van der Waals surface area contributed by atoms with Crippen LogP contribution in [0.4, 0.5) is 17.5 Å². The van der Waals surface area contributed by atoms with E-state index in [1.807, 2.05) is 81.1 Å². The van der Waals surface area contributed by atoms with Gasteiger partial charge in [-0.1, -0.05) is 44.5 Å². The summed E-state index contributed by atoms with van der Waals surface area (Å²) in [5.74, 6) is 1.44. The Morgan fingerprint density at radius 2 is 1.70 bits per heavy atom. The van der Waals surface area contributed by atoms with Crippen molar-refractivity contribution in [1.82, 2.24) is 20.3 Å². The molecule has 0 aliphatic carbocycles. The fourth-order valence-electron chi connectivity index (χ4n) is 4.79. The van der Waals surface area contributed by atoms with Crippen LogP contribution in [0.2, 0.25) is 0 Å². The average Bonchev–Trinajstić information content (AvgIpc) is 3.00. The van der Waals surface area contributed by atoms with E-state index >= 15 is 0 Å². The number of nitrogens with one attached hydrogen (secondary N) is 3. The first-order chi connectivity index (χ1) is 20.6. The van der Waals surface area contributed by atoms with Crippen LogP contribution in [-0.2, 0) is 9.59 Å². The van der Waals surface area contributed by atoms with Gasteiger partial charge in [0.15, 0.2) is 17.1 Å². The van der Waals surface area contributed by atoms with Crippen LogP contribution in [0.25, 0.3) is 22.2 Å². The van der Waals surface area contributed by atoms with Crippen LogP contribution in [0.15, 0.2) is 54.7 Å². The van der Waals surface area contributed by atoms with Gasteiger partial charge in [0.2, 0.25) is 17.8 Å². The highest BCUT2D eigenvalue weighted by Crippen LogP contribution is 2.35. The summed E-state index contributed by atoms with van der Waals surface area (Å²) >= 11 is 0. The second kappa shape index (κ2) is 12.2. The normalized spacial score (nSPS) is 15.2. The van der Waals surface area contributed by atoms with E-state index in [2.05, 4.69) is 25.9 Å². The summed E-state index contributed by atoms with van der Waals surface area (Å²) in [6.45, 7) is 9.02.